The number of hydrogen-bond acceptors (Lipinski definition) is 6. The van der Waals surface area contributed by atoms with Gasteiger partial charge in [-0.25, -0.2) is 24.5 Å². The van der Waals surface area contributed by atoms with E-state index in [9.17, 15) is 14.7 Å². The molecule has 1 aliphatic rings. The van der Waals surface area contributed by atoms with Crippen molar-refractivity contribution in [3.05, 3.63) is 64.8 Å². The van der Waals surface area contributed by atoms with Crippen LogP contribution in [0.1, 0.15) is 9.67 Å². The first-order valence-corrected chi connectivity index (χ1v) is 9.86. The Labute approximate surface area is 178 Å². The Morgan fingerprint density at radius 2 is 1.97 bits per heavy atom. The molecule has 0 unspecified atom stereocenters. The van der Waals surface area contributed by atoms with Gasteiger partial charge in [-0.1, -0.05) is 29.8 Å². The van der Waals surface area contributed by atoms with Crippen molar-refractivity contribution in [2.45, 2.75) is 0 Å². The molecule has 2 amide bonds. The number of ether oxygens (including phenoxy) is 1. The molecule has 10 heteroatoms. The molecule has 0 radical (unpaired) electrons. The van der Waals surface area contributed by atoms with E-state index >= 15 is 0 Å². The Balaban J connectivity index is 1.58. The molecule has 3 heterocycles. The number of amides is 2. The zero-order valence-corrected chi connectivity index (χ0v) is 16.6. The van der Waals surface area contributed by atoms with E-state index in [0.717, 1.165) is 11.3 Å². The number of benzene rings is 2. The van der Waals surface area contributed by atoms with Gasteiger partial charge in [0.05, 0.1) is 21.8 Å². The van der Waals surface area contributed by atoms with Crippen LogP contribution in [0.2, 0.25) is 5.02 Å². The molecule has 2 aromatic carbocycles. The van der Waals surface area contributed by atoms with Crippen LogP contribution in [0.25, 0.3) is 10.2 Å². The summed E-state index contributed by atoms with van der Waals surface area (Å²) in [4.78, 5) is 34.6. The molecule has 0 spiro atoms. The van der Waals surface area contributed by atoms with Crippen LogP contribution < -0.4 is 15.0 Å². The number of urea groups is 1. The maximum absolute atomic E-state index is 12.8. The van der Waals surface area contributed by atoms with Crippen LogP contribution in [-0.4, -0.2) is 27.1 Å². The Bertz CT molecular complexity index is 1330. The molecule has 0 bridgehead atoms. The molecule has 2 N–H and O–H groups in total. The van der Waals surface area contributed by atoms with Gasteiger partial charge in [-0.2, -0.15) is 0 Å². The number of thiophene rings is 1. The number of halogens is 1. The monoisotopic (exact) mass is 438 g/mol. The fourth-order valence-corrected chi connectivity index (χ4v) is 4.33. The van der Waals surface area contributed by atoms with Crippen LogP contribution in [0, 0.1) is 0 Å². The van der Waals surface area contributed by atoms with E-state index in [1.807, 2.05) is 18.2 Å². The van der Waals surface area contributed by atoms with E-state index in [1.54, 1.807) is 30.3 Å². The molecule has 0 aliphatic carbocycles. The topological polar surface area (TPSA) is 105 Å². The molecule has 1 aliphatic heterocycles. The molecule has 0 atom stereocenters. The van der Waals surface area contributed by atoms with Crippen molar-refractivity contribution in [1.82, 2.24) is 9.97 Å². The highest BCUT2D eigenvalue weighted by Crippen LogP contribution is 2.45. The maximum Gasteiger partial charge on any atom is 0.348 e. The summed E-state index contributed by atoms with van der Waals surface area (Å²) in [6.07, 6.45) is 1.30. The molecule has 148 valence electrons. The van der Waals surface area contributed by atoms with Gasteiger partial charge < -0.3 is 15.2 Å². The fourth-order valence-electron chi connectivity index (χ4n) is 3.18. The molecular weight excluding hydrogens is 428 g/mol. The molecule has 0 saturated carbocycles. The van der Waals surface area contributed by atoms with Crippen molar-refractivity contribution < 1.29 is 19.4 Å². The van der Waals surface area contributed by atoms with E-state index in [2.05, 4.69) is 15.3 Å². The van der Waals surface area contributed by atoms with Crippen molar-refractivity contribution >= 4 is 62.3 Å². The third-order valence-electron chi connectivity index (χ3n) is 4.45. The summed E-state index contributed by atoms with van der Waals surface area (Å²) < 4.78 is 5.78. The summed E-state index contributed by atoms with van der Waals surface area (Å²) in [6.45, 7) is 0. The Morgan fingerprint density at radius 3 is 2.70 bits per heavy atom. The fraction of sp³-hybridized carbons (Fsp3) is 0. The lowest BCUT2D eigenvalue weighted by Crippen LogP contribution is -2.34. The van der Waals surface area contributed by atoms with E-state index < -0.39 is 12.0 Å². The first-order valence-electron chi connectivity index (χ1n) is 8.67. The second-order valence-corrected chi connectivity index (χ2v) is 7.69. The highest BCUT2D eigenvalue weighted by Gasteiger charge is 2.34. The third kappa shape index (κ3) is 2.92. The summed E-state index contributed by atoms with van der Waals surface area (Å²) in [5.41, 5.74) is 0.654. The molecular formula is C20H11ClN4O4S. The molecule has 30 heavy (non-hydrogen) atoms. The van der Waals surface area contributed by atoms with Crippen molar-refractivity contribution in [3.8, 4) is 11.5 Å². The lowest BCUT2D eigenvalue weighted by molar-refractivity contribution is 0.0703. The lowest BCUT2D eigenvalue weighted by atomic mass is 10.2. The van der Waals surface area contributed by atoms with Gasteiger partial charge in [-0.3, -0.25) is 0 Å². The normalized spacial score (nSPS) is 12.7. The van der Waals surface area contributed by atoms with Gasteiger partial charge in [0.15, 0.2) is 5.82 Å². The quantitative estimate of drug-likeness (QED) is 0.434. The van der Waals surface area contributed by atoms with Crippen LogP contribution in [0.4, 0.5) is 22.0 Å². The average Bonchev–Trinajstić information content (AvgIpc) is 3.11. The second-order valence-electron chi connectivity index (χ2n) is 6.28. The highest BCUT2D eigenvalue weighted by atomic mass is 35.5. The van der Waals surface area contributed by atoms with E-state index in [1.165, 1.54) is 11.2 Å². The number of carboxylic acids is 1. The van der Waals surface area contributed by atoms with Gasteiger partial charge in [0.25, 0.3) is 0 Å². The summed E-state index contributed by atoms with van der Waals surface area (Å²) in [7, 11) is 0. The molecule has 4 aromatic rings. The molecule has 8 nitrogen and oxygen atoms in total. The number of anilines is 3. The van der Waals surface area contributed by atoms with Gasteiger partial charge in [0, 0.05) is 0 Å². The summed E-state index contributed by atoms with van der Waals surface area (Å²) in [5, 5.41) is 12.8. The van der Waals surface area contributed by atoms with E-state index in [-0.39, 0.29) is 16.4 Å². The van der Waals surface area contributed by atoms with Gasteiger partial charge in [-0.05, 0) is 30.3 Å². The standard InChI is InChI=1S/C20H11ClN4O4S/c21-12-8-10(6-7-13(12)29-11-4-2-1-3-5-11)25-17-14-15(24-20(25)28)16(19(26)27)30-18(14)23-9-22-17/h1-9H,(H,24,28)(H,26,27). The van der Waals surface area contributed by atoms with Gasteiger partial charge in [0.2, 0.25) is 0 Å². The van der Waals surface area contributed by atoms with Crippen molar-refractivity contribution in [1.29, 1.82) is 0 Å². The zero-order chi connectivity index (χ0) is 20.8. The predicted molar refractivity (Wildman–Crippen MR) is 113 cm³/mol. The smallest absolute Gasteiger partial charge is 0.348 e. The van der Waals surface area contributed by atoms with E-state index in [0.29, 0.717) is 32.4 Å². The van der Waals surface area contributed by atoms with Gasteiger partial charge in [-0.15, -0.1) is 11.3 Å². The molecule has 5 rings (SSSR count). The summed E-state index contributed by atoms with van der Waals surface area (Å²) >= 11 is 7.38. The van der Waals surface area contributed by atoms with Gasteiger partial charge >= 0.3 is 12.0 Å². The second kappa shape index (κ2) is 6.97. The molecule has 0 fully saturated rings. The first kappa shape index (κ1) is 18.3. The highest BCUT2D eigenvalue weighted by molar-refractivity contribution is 7.21. The molecule has 2 aromatic heterocycles. The number of carbonyl (C=O) groups excluding carboxylic acids is 1. The predicted octanol–water partition coefficient (Wildman–Crippen LogP) is 5.52. The van der Waals surface area contributed by atoms with Crippen LogP contribution in [-0.2, 0) is 0 Å². The van der Waals surface area contributed by atoms with Crippen molar-refractivity contribution in [2.24, 2.45) is 0 Å². The van der Waals surface area contributed by atoms with E-state index in [4.69, 9.17) is 16.3 Å². The first-order chi connectivity index (χ1) is 14.5. The summed E-state index contributed by atoms with van der Waals surface area (Å²) in [6, 6.07) is 13.5. The number of nitrogens with zero attached hydrogens (tertiary/aromatic N) is 3. The van der Waals surface area contributed by atoms with Crippen molar-refractivity contribution in [3.63, 3.8) is 0 Å². The summed E-state index contributed by atoms with van der Waals surface area (Å²) in [5.74, 6) is 0.208. The maximum atomic E-state index is 12.8. The van der Waals surface area contributed by atoms with Gasteiger partial charge in [0.1, 0.15) is 27.5 Å². The number of hydrogen-bond donors (Lipinski definition) is 2. The van der Waals surface area contributed by atoms with Crippen LogP contribution >= 0.6 is 22.9 Å². The largest absolute Gasteiger partial charge is 0.477 e. The number of rotatable bonds is 4. The Morgan fingerprint density at radius 1 is 1.17 bits per heavy atom. The minimum atomic E-state index is -1.14. The Kier molecular flexibility index (Phi) is 4.27. The minimum absolute atomic E-state index is 0.00407. The van der Waals surface area contributed by atoms with Crippen molar-refractivity contribution in [2.75, 3.05) is 10.2 Å². The number of para-hydroxylation sites is 1. The number of aromatic carboxylic acids is 1. The number of aromatic nitrogens is 2. The lowest BCUT2D eigenvalue weighted by Gasteiger charge is -2.27. The Hall–Kier alpha value is -3.69. The van der Waals surface area contributed by atoms with Crippen LogP contribution in [0.3, 0.4) is 0 Å². The number of carbonyl (C=O) groups is 2. The van der Waals surface area contributed by atoms with Crippen LogP contribution in [0.15, 0.2) is 54.9 Å². The van der Waals surface area contributed by atoms with Crippen LogP contribution in [0.5, 0.6) is 11.5 Å². The SMILES string of the molecule is O=C(O)c1sc2ncnc3c2c1NC(=O)N3c1ccc(Oc2ccccc2)c(Cl)c1. The number of carboxylic acid groups (broad SMARTS) is 1. The third-order valence-corrected chi connectivity index (χ3v) is 5.84. The minimum Gasteiger partial charge on any atom is -0.477 e. The molecule has 0 saturated heterocycles. The number of nitrogens with one attached hydrogen (secondary N) is 1. The zero-order valence-electron chi connectivity index (χ0n) is 15.0. The average molecular weight is 439 g/mol.